The molecule has 1 saturated heterocycles. The molecular formula is C12H13N3O2S. The lowest BCUT2D eigenvalue weighted by Crippen LogP contribution is -2.30. The fraction of sp³-hybridized carbons (Fsp3) is 0.333. The van der Waals surface area contributed by atoms with Gasteiger partial charge in [0.15, 0.2) is 0 Å². The molecule has 1 atom stereocenters. The van der Waals surface area contributed by atoms with Crippen LogP contribution in [0, 0.1) is 0 Å². The molecule has 5 nitrogen and oxygen atoms in total. The number of likely N-dealkylation sites (tertiary alicyclic amines) is 1. The Morgan fingerprint density at radius 2 is 2.39 bits per heavy atom. The molecule has 0 saturated carbocycles. The Kier molecular flexibility index (Phi) is 2.79. The van der Waals surface area contributed by atoms with Crippen LogP contribution in [0.4, 0.5) is 0 Å². The monoisotopic (exact) mass is 263 g/mol. The number of H-pyrrole nitrogens is 2. The van der Waals surface area contributed by atoms with E-state index in [9.17, 15) is 9.59 Å². The zero-order valence-corrected chi connectivity index (χ0v) is 10.5. The summed E-state index contributed by atoms with van der Waals surface area (Å²) >= 11 is 1.64. The lowest BCUT2D eigenvalue weighted by Gasteiger charge is -2.23. The van der Waals surface area contributed by atoms with Crippen LogP contribution in [0.3, 0.4) is 0 Å². The maximum absolute atomic E-state index is 12.3. The second-order valence-corrected chi connectivity index (χ2v) is 5.15. The van der Waals surface area contributed by atoms with Crippen LogP contribution in [0.1, 0.15) is 34.9 Å². The highest BCUT2D eigenvalue weighted by molar-refractivity contribution is 7.07. The Labute approximate surface area is 107 Å². The third-order valence-electron chi connectivity index (χ3n) is 3.27. The van der Waals surface area contributed by atoms with Gasteiger partial charge in [0.2, 0.25) is 0 Å². The number of carbonyl (C=O) groups is 1. The minimum atomic E-state index is -0.343. The van der Waals surface area contributed by atoms with Crippen molar-refractivity contribution in [3.05, 3.63) is 44.8 Å². The van der Waals surface area contributed by atoms with Crippen molar-refractivity contribution >= 4 is 17.2 Å². The zero-order chi connectivity index (χ0) is 12.5. The summed E-state index contributed by atoms with van der Waals surface area (Å²) in [6.45, 7) is 0.743. The molecule has 3 heterocycles. The molecule has 0 spiro atoms. The van der Waals surface area contributed by atoms with E-state index in [4.69, 9.17) is 0 Å². The van der Waals surface area contributed by atoms with Crippen LogP contribution in [0.25, 0.3) is 0 Å². The number of carbonyl (C=O) groups excluding carboxylic acids is 1. The molecule has 0 aromatic carbocycles. The normalized spacial score (nSPS) is 19.3. The highest BCUT2D eigenvalue weighted by Gasteiger charge is 2.31. The third-order valence-corrected chi connectivity index (χ3v) is 3.97. The van der Waals surface area contributed by atoms with Crippen LogP contribution in [-0.4, -0.2) is 27.3 Å². The van der Waals surface area contributed by atoms with E-state index in [2.05, 4.69) is 21.4 Å². The van der Waals surface area contributed by atoms with E-state index in [0.717, 1.165) is 19.4 Å². The number of hydrogen-bond donors (Lipinski definition) is 2. The van der Waals surface area contributed by atoms with E-state index in [0.29, 0.717) is 5.69 Å². The SMILES string of the molecule is O=C(c1c[nH]c(=O)[nH]1)N1CCC[C@H]1c1ccsc1. The van der Waals surface area contributed by atoms with Crippen molar-refractivity contribution in [1.82, 2.24) is 14.9 Å². The van der Waals surface area contributed by atoms with Crippen molar-refractivity contribution in [3.63, 3.8) is 0 Å². The zero-order valence-electron chi connectivity index (χ0n) is 9.68. The van der Waals surface area contributed by atoms with Gasteiger partial charge in [-0.1, -0.05) is 0 Å². The van der Waals surface area contributed by atoms with Gasteiger partial charge in [0.1, 0.15) is 5.69 Å². The molecule has 0 bridgehead atoms. The standard InChI is InChI=1S/C12H13N3O2S/c16-11(9-6-13-12(17)14-9)15-4-1-2-10(15)8-3-5-18-7-8/h3,5-7,10H,1-2,4H2,(H2,13,14,17)/t10-/m0/s1. The van der Waals surface area contributed by atoms with Crippen LogP contribution >= 0.6 is 11.3 Å². The van der Waals surface area contributed by atoms with E-state index >= 15 is 0 Å². The Bertz CT molecular complexity index is 599. The van der Waals surface area contributed by atoms with Gasteiger partial charge in [-0.15, -0.1) is 0 Å². The highest BCUT2D eigenvalue weighted by atomic mass is 32.1. The van der Waals surface area contributed by atoms with Gasteiger partial charge in [0.05, 0.1) is 6.04 Å². The van der Waals surface area contributed by atoms with Crippen LogP contribution in [0.5, 0.6) is 0 Å². The molecule has 0 radical (unpaired) electrons. The number of nitrogens with one attached hydrogen (secondary N) is 2. The summed E-state index contributed by atoms with van der Waals surface area (Å²) in [6, 6.07) is 2.20. The topological polar surface area (TPSA) is 69.0 Å². The molecule has 1 amide bonds. The molecule has 94 valence electrons. The van der Waals surface area contributed by atoms with Crippen molar-refractivity contribution in [2.75, 3.05) is 6.54 Å². The number of thiophene rings is 1. The first-order valence-electron chi connectivity index (χ1n) is 5.86. The fourth-order valence-electron chi connectivity index (χ4n) is 2.42. The number of aromatic nitrogens is 2. The first kappa shape index (κ1) is 11.3. The quantitative estimate of drug-likeness (QED) is 0.866. The fourth-order valence-corrected chi connectivity index (χ4v) is 3.13. The van der Waals surface area contributed by atoms with E-state index in [1.165, 1.54) is 11.8 Å². The summed E-state index contributed by atoms with van der Waals surface area (Å²) in [5, 5.41) is 4.10. The summed E-state index contributed by atoms with van der Waals surface area (Å²) in [5.41, 5.74) is 1.18. The minimum absolute atomic E-state index is 0.109. The maximum Gasteiger partial charge on any atom is 0.323 e. The third kappa shape index (κ3) is 1.88. The van der Waals surface area contributed by atoms with Crippen LogP contribution in [-0.2, 0) is 0 Å². The molecule has 6 heteroatoms. The minimum Gasteiger partial charge on any atom is -0.330 e. The molecule has 2 aromatic rings. The first-order chi connectivity index (χ1) is 8.75. The first-order valence-corrected chi connectivity index (χ1v) is 6.81. The van der Waals surface area contributed by atoms with Crippen molar-refractivity contribution in [2.45, 2.75) is 18.9 Å². The summed E-state index contributed by atoms with van der Waals surface area (Å²) in [7, 11) is 0. The Balaban J connectivity index is 1.87. The average molecular weight is 263 g/mol. The van der Waals surface area contributed by atoms with Gasteiger partial charge in [-0.3, -0.25) is 4.79 Å². The van der Waals surface area contributed by atoms with Crippen LogP contribution in [0.15, 0.2) is 27.8 Å². The summed E-state index contributed by atoms with van der Waals surface area (Å²) in [6.07, 6.45) is 3.42. The van der Waals surface area contributed by atoms with Crippen molar-refractivity contribution in [2.24, 2.45) is 0 Å². The van der Waals surface area contributed by atoms with Crippen LogP contribution in [0.2, 0.25) is 0 Å². The summed E-state index contributed by atoms with van der Waals surface area (Å²) in [4.78, 5) is 30.2. The lowest BCUT2D eigenvalue weighted by molar-refractivity contribution is 0.0730. The number of aromatic amines is 2. The molecule has 3 rings (SSSR count). The van der Waals surface area contributed by atoms with Gasteiger partial charge in [0, 0.05) is 12.7 Å². The Morgan fingerprint density at radius 1 is 1.50 bits per heavy atom. The number of amides is 1. The smallest absolute Gasteiger partial charge is 0.323 e. The predicted molar refractivity (Wildman–Crippen MR) is 68.7 cm³/mol. The molecule has 0 unspecified atom stereocenters. The van der Waals surface area contributed by atoms with E-state index < -0.39 is 0 Å². The van der Waals surface area contributed by atoms with Gasteiger partial charge in [0.25, 0.3) is 5.91 Å². The Hall–Kier alpha value is -1.82. The largest absolute Gasteiger partial charge is 0.330 e. The van der Waals surface area contributed by atoms with E-state index in [1.807, 2.05) is 10.3 Å². The van der Waals surface area contributed by atoms with Gasteiger partial charge in [-0.05, 0) is 35.2 Å². The molecule has 2 aromatic heterocycles. The van der Waals surface area contributed by atoms with Gasteiger partial charge in [-0.2, -0.15) is 11.3 Å². The summed E-state index contributed by atoms with van der Waals surface area (Å²) in [5.74, 6) is -0.109. The van der Waals surface area contributed by atoms with E-state index in [-0.39, 0.29) is 17.6 Å². The molecular weight excluding hydrogens is 250 g/mol. The average Bonchev–Trinajstić information content (AvgIpc) is 3.08. The Morgan fingerprint density at radius 3 is 3.06 bits per heavy atom. The molecule has 1 aliphatic rings. The molecule has 2 N–H and O–H groups in total. The highest BCUT2D eigenvalue weighted by Crippen LogP contribution is 2.33. The number of rotatable bonds is 2. The molecule has 18 heavy (non-hydrogen) atoms. The van der Waals surface area contributed by atoms with Crippen molar-refractivity contribution in [1.29, 1.82) is 0 Å². The number of nitrogens with zero attached hydrogens (tertiary/aromatic N) is 1. The van der Waals surface area contributed by atoms with Crippen LogP contribution < -0.4 is 5.69 Å². The second-order valence-electron chi connectivity index (χ2n) is 4.37. The van der Waals surface area contributed by atoms with Crippen molar-refractivity contribution in [3.8, 4) is 0 Å². The van der Waals surface area contributed by atoms with E-state index in [1.54, 1.807) is 11.3 Å². The molecule has 0 aliphatic carbocycles. The van der Waals surface area contributed by atoms with Gasteiger partial charge < -0.3 is 14.9 Å². The molecule has 1 aliphatic heterocycles. The molecule has 1 fully saturated rings. The maximum atomic E-state index is 12.3. The van der Waals surface area contributed by atoms with Gasteiger partial charge in [-0.25, -0.2) is 4.79 Å². The predicted octanol–water partition coefficient (Wildman–Crippen LogP) is 1.74. The lowest BCUT2D eigenvalue weighted by atomic mass is 10.1. The summed E-state index contributed by atoms with van der Waals surface area (Å²) < 4.78 is 0. The van der Waals surface area contributed by atoms with Gasteiger partial charge >= 0.3 is 5.69 Å². The van der Waals surface area contributed by atoms with Crippen molar-refractivity contribution < 1.29 is 4.79 Å². The number of imidazole rings is 1. The number of hydrogen-bond acceptors (Lipinski definition) is 3. The second kappa shape index (κ2) is 4.45.